The highest BCUT2D eigenvalue weighted by atomic mass is 16.5. The van der Waals surface area contributed by atoms with Crippen LogP contribution in [0.2, 0.25) is 0 Å². The first-order valence-electron chi connectivity index (χ1n) is 6.78. The molecule has 0 atom stereocenters. The fourth-order valence-electron chi connectivity index (χ4n) is 1.93. The molecule has 7 nitrogen and oxygen atoms in total. The van der Waals surface area contributed by atoms with E-state index >= 15 is 0 Å². The second-order valence-electron chi connectivity index (χ2n) is 4.77. The SMILES string of the molecule is CCOC(=O)C1=C(CN(CCO)C(C)C)NC(=O)NC1. The number of aliphatic hydroxyl groups excluding tert-OH is 1. The number of urea groups is 1. The van der Waals surface area contributed by atoms with E-state index in [4.69, 9.17) is 9.84 Å². The Labute approximate surface area is 119 Å². The number of carbonyl (C=O) groups is 2. The van der Waals surface area contributed by atoms with Gasteiger partial charge in [0.2, 0.25) is 0 Å². The summed E-state index contributed by atoms with van der Waals surface area (Å²) in [5.74, 6) is -0.428. The van der Waals surface area contributed by atoms with Gasteiger partial charge >= 0.3 is 12.0 Å². The lowest BCUT2D eigenvalue weighted by molar-refractivity contribution is -0.138. The molecular formula is C13H23N3O4. The van der Waals surface area contributed by atoms with Crippen molar-refractivity contribution in [2.45, 2.75) is 26.8 Å². The molecule has 0 aromatic carbocycles. The summed E-state index contributed by atoms with van der Waals surface area (Å²) in [5.41, 5.74) is 0.962. The zero-order valence-corrected chi connectivity index (χ0v) is 12.2. The topological polar surface area (TPSA) is 90.9 Å². The normalized spacial score (nSPS) is 15.4. The van der Waals surface area contributed by atoms with Gasteiger partial charge in [0.25, 0.3) is 0 Å². The fourth-order valence-corrected chi connectivity index (χ4v) is 1.93. The van der Waals surface area contributed by atoms with Gasteiger partial charge in [0.15, 0.2) is 0 Å². The Balaban J connectivity index is 2.92. The molecule has 0 bridgehead atoms. The minimum Gasteiger partial charge on any atom is -0.463 e. The van der Waals surface area contributed by atoms with Crippen molar-refractivity contribution < 1.29 is 19.4 Å². The van der Waals surface area contributed by atoms with Crippen molar-refractivity contribution in [2.75, 3.05) is 32.8 Å². The Morgan fingerprint density at radius 3 is 2.75 bits per heavy atom. The van der Waals surface area contributed by atoms with Crippen LogP contribution in [0, 0.1) is 0 Å². The lowest BCUT2D eigenvalue weighted by atomic mass is 10.1. The van der Waals surface area contributed by atoms with Gasteiger partial charge in [0.1, 0.15) is 0 Å². The van der Waals surface area contributed by atoms with E-state index in [1.165, 1.54) is 0 Å². The zero-order chi connectivity index (χ0) is 15.1. The summed E-state index contributed by atoms with van der Waals surface area (Å²) in [4.78, 5) is 25.3. The Morgan fingerprint density at radius 1 is 1.50 bits per heavy atom. The number of hydrogen-bond acceptors (Lipinski definition) is 5. The lowest BCUT2D eigenvalue weighted by Gasteiger charge is -2.29. The average Bonchev–Trinajstić information content (AvgIpc) is 2.38. The molecule has 0 radical (unpaired) electrons. The molecule has 0 unspecified atom stereocenters. The maximum atomic E-state index is 11.9. The van der Waals surface area contributed by atoms with Crippen molar-refractivity contribution in [3.8, 4) is 0 Å². The first kappa shape index (κ1) is 16.5. The molecule has 2 amide bonds. The van der Waals surface area contributed by atoms with Crippen molar-refractivity contribution in [3.05, 3.63) is 11.3 Å². The number of amides is 2. The summed E-state index contributed by atoms with van der Waals surface area (Å²) in [6.45, 7) is 7.04. The van der Waals surface area contributed by atoms with Gasteiger partial charge in [0.05, 0.1) is 25.3 Å². The van der Waals surface area contributed by atoms with Crippen molar-refractivity contribution in [1.82, 2.24) is 15.5 Å². The van der Waals surface area contributed by atoms with Crippen LogP contribution in [-0.2, 0) is 9.53 Å². The number of carbonyl (C=O) groups excluding carboxylic acids is 2. The predicted molar refractivity (Wildman–Crippen MR) is 74.0 cm³/mol. The Bertz CT molecular complexity index is 393. The standard InChI is InChI=1S/C13H23N3O4/c1-4-20-12(18)10-7-14-13(19)15-11(10)8-16(5-6-17)9(2)3/h9,17H,4-8H2,1-3H3,(H2,14,15,19). The van der Waals surface area contributed by atoms with E-state index in [-0.39, 0.29) is 31.8 Å². The summed E-state index contributed by atoms with van der Waals surface area (Å²) >= 11 is 0. The van der Waals surface area contributed by atoms with Crippen molar-refractivity contribution >= 4 is 12.0 Å². The zero-order valence-electron chi connectivity index (χ0n) is 12.2. The van der Waals surface area contributed by atoms with Crippen LogP contribution >= 0.6 is 0 Å². The highest BCUT2D eigenvalue weighted by Gasteiger charge is 2.25. The number of rotatable bonds is 7. The predicted octanol–water partition coefficient (Wildman–Crippen LogP) is -0.181. The number of nitrogens with one attached hydrogen (secondary N) is 2. The van der Waals surface area contributed by atoms with Crippen LogP contribution in [-0.4, -0.2) is 60.9 Å². The summed E-state index contributed by atoms with van der Waals surface area (Å²) in [5, 5.41) is 14.3. The maximum Gasteiger partial charge on any atom is 0.337 e. The molecule has 0 spiro atoms. The van der Waals surface area contributed by atoms with Gasteiger partial charge in [-0.05, 0) is 20.8 Å². The van der Waals surface area contributed by atoms with Gasteiger partial charge < -0.3 is 20.5 Å². The molecule has 20 heavy (non-hydrogen) atoms. The number of hydrogen-bond donors (Lipinski definition) is 3. The molecule has 1 aliphatic rings. The van der Waals surface area contributed by atoms with Crippen molar-refractivity contribution in [1.29, 1.82) is 0 Å². The third kappa shape index (κ3) is 4.50. The van der Waals surface area contributed by atoms with Crippen LogP contribution in [0.25, 0.3) is 0 Å². The van der Waals surface area contributed by atoms with Crippen LogP contribution in [0.4, 0.5) is 4.79 Å². The molecule has 1 aliphatic heterocycles. The monoisotopic (exact) mass is 285 g/mol. The molecule has 3 N–H and O–H groups in total. The van der Waals surface area contributed by atoms with Gasteiger partial charge in [-0.25, -0.2) is 9.59 Å². The Hall–Kier alpha value is -1.60. The molecule has 0 saturated heterocycles. The first-order valence-corrected chi connectivity index (χ1v) is 6.78. The molecule has 114 valence electrons. The smallest absolute Gasteiger partial charge is 0.337 e. The molecule has 0 aromatic rings. The van der Waals surface area contributed by atoms with Crippen LogP contribution in [0.5, 0.6) is 0 Å². The number of nitrogens with zero attached hydrogens (tertiary/aromatic N) is 1. The highest BCUT2D eigenvalue weighted by Crippen LogP contribution is 2.11. The van der Waals surface area contributed by atoms with E-state index in [2.05, 4.69) is 10.6 Å². The average molecular weight is 285 g/mol. The minimum absolute atomic E-state index is 0.0202. The first-order chi connectivity index (χ1) is 9.49. The molecule has 1 rings (SSSR count). The second-order valence-corrected chi connectivity index (χ2v) is 4.77. The molecular weight excluding hydrogens is 262 g/mol. The molecule has 0 aromatic heterocycles. The van der Waals surface area contributed by atoms with Gasteiger partial charge in [-0.3, -0.25) is 4.90 Å². The van der Waals surface area contributed by atoms with E-state index in [0.717, 1.165) is 0 Å². The molecule has 1 heterocycles. The third-order valence-electron chi connectivity index (χ3n) is 3.05. The molecule has 0 fully saturated rings. The summed E-state index contributed by atoms with van der Waals surface area (Å²) in [6, 6.07) is -0.148. The largest absolute Gasteiger partial charge is 0.463 e. The van der Waals surface area contributed by atoms with E-state index in [1.807, 2.05) is 18.7 Å². The number of aliphatic hydroxyl groups is 1. The number of esters is 1. The summed E-state index contributed by atoms with van der Waals surface area (Å²) in [6.07, 6.45) is 0. The van der Waals surface area contributed by atoms with E-state index in [9.17, 15) is 9.59 Å². The molecule has 7 heteroatoms. The Morgan fingerprint density at radius 2 is 2.20 bits per heavy atom. The van der Waals surface area contributed by atoms with Crippen molar-refractivity contribution in [3.63, 3.8) is 0 Å². The van der Waals surface area contributed by atoms with Crippen LogP contribution in [0.1, 0.15) is 20.8 Å². The summed E-state index contributed by atoms with van der Waals surface area (Å²) < 4.78 is 4.99. The third-order valence-corrected chi connectivity index (χ3v) is 3.05. The molecule has 0 aliphatic carbocycles. The van der Waals surface area contributed by atoms with Crippen molar-refractivity contribution in [2.24, 2.45) is 0 Å². The lowest BCUT2D eigenvalue weighted by Crippen LogP contribution is -2.48. The van der Waals surface area contributed by atoms with Gasteiger partial charge in [0, 0.05) is 24.8 Å². The fraction of sp³-hybridized carbons (Fsp3) is 0.692. The van der Waals surface area contributed by atoms with E-state index in [1.54, 1.807) is 6.92 Å². The molecule has 0 saturated carbocycles. The van der Waals surface area contributed by atoms with Crippen LogP contribution in [0.3, 0.4) is 0 Å². The van der Waals surface area contributed by atoms with Crippen LogP contribution < -0.4 is 10.6 Å². The Kier molecular flexibility index (Phi) is 6.47. The number of ether oxygens (including phenoxy) is 1. The highest BCUT2D eigenvalue weighted by molar-refractivity contribution is 5.93. The van der Waals surface area contributed by atoms with Gasteiger partial charge in [-0.1, -0.05) is 0 Å². The van der Waals surface area contributed by atoms with Crippen LogP contribution in [0.15, 0.2) is 11.3 Å². The van der Waals surface area contributed by atoms with E-state index < -0.39 is 5.97 Å². The summed E-state index contributed by atoms with van der Waals surface area (Å²) in [7, 11) is 0. The van der Waals surface area contributed by atoms with Gasteiger partial charge in [-0.15, -0.1) is 0 Å². The second kappa shape index (κ2) is 7.86. The quantitative estimate of drug-likeness (QED) is 0.564. The minimum atomic E-state index is -0.428. The van der Waals surface area contributed by atoms with E-state index in [0.29, 0.717) is 24.4 Å². The maximum absolute atomic E-state index is 11.9. The van der Waals surface area contributed by atoms with Gasteiger partial charge in [-0.2, -0.15) is 0 Å².